The predicted octanol–water partition coefficient (Wildman–Crippen LogP) is 2.46. The third kappa shape index (κ3) is 2.35. The number of nitrogen functional groups attached to an aromatic ring is 1. The normalized spacial score (nSPS) is 21.4. The Balaban J connectivity index is 2.10. The van der Waals surface area contributed by atoms with E-state index in [0.29, 0.717) is 6.04 Å². The van der Waals surface area contributed by atoms with Crippen LogP contribution in [0.3, 0.4) is 0 Å². The summed E-state index contributed by atoms with van der Waals surface area (Å²) in [4.78, 5) is 12.3. The highest BCUT2D eigenvalue weighted by atomic mass is 16.2. The fourth-order valence-electron chi connectivity index (χ4n) is 2.08. The van der Waals surface area contributed by atoms with E-state index in [4.69, 9.17) is 5.73 Å². The van der Waals surface area contributed by atoms with Crippen LogP contribution in [0.1, 0.15) is 39.7 Å². The summed E-state index contributed by atoms with van der Waals surface area (Å²) >= 11 is 0. The van der Waals surface area contributed by atoms with Crippen LogP contribution in [0, 0.1) is 5.41 Å². The molecule has 3 heteroatoms. The van der Waals surface area contributed by atoms with E-state index in [1.54, 1.807) is 0 Å². The van der Waals surface area contributed by atoms with Crippen molar-refractivity contribution in [1.82, 2.24) is 5.32 Å². The molecule has 1 aliphatic carbocycles. The van der Waals surface area contributed by atoms with Crippen molar-refractivity contribution in [3.63, 3.8) is 0 Å². The van der Waals surface area contributed by atoms with Gasteiger partial charge in [-0.05, 0) is 43.4 Å². The highest BCUT2D eigenvalue weighted by molar-refractivity contribution is 5.88. The Morgan fingerprint density at radius 2 is 1.83 bits per heavy atom. The van der Waals surface area contributed by atoms with Gasteiger partial charge in [0.15, 0.2) is 0 Å². The van der Waals surface area contributed by atoms with Crippen LogP contribution in [0.4, 0.5) is 5.69 Å². The van der Waals surface area contributed by atoms with Crippen LogP contribution in [0.5, 0.6) is 0 Å². The molecule has 0 bridgehead atoms. The first-order chi connectivity index (χ1) is 8.23. The molecular formula is C15H22N2O. The smallest absolute Gasteiger partial charge is 0.230 e. The van der Waals surface area contributed by atoms with Gasteiger partial charge < -0.3 is 11.1 Å². The number of carbonyl (C=O) groups excluding carboxylic acids is 1. The number of rotatable bonds is 3. The van der Waals surface area contributed by atoms with Gasteiger partial charge in [0, 0.05) is 11.7 Å². The molecule has 0 aromatic heterocycles. The molecule has 3 N–H and O–H groups in total. The minimum Gasteiger partial charge on any atom is -0.399 e. The molecule has 1 atom stereocenters. The van der Waals surface area contributed by atoms with Gasteiger partial charge in [-0.1, -0.05) is 26.0 Å². The lowest BCUT2D eigenvalue weighted by Gasteiger charge is -2.25. The molecule has 1 unspecified atom stereocenters. The quantitative estimate of drug-likeness (QED) is 0.805. The van der Waals surface area contributed by atoms with Crippen molar-refractivity contribution >= 4 is 11.6 Å². The Bertz CT molecular complexity index is 460. The first-order valence-corrected chi connectivity index (χ1v) is 6.40. The van der Waals surface area contributed by atoms with Crippen LogP contribution >= 0.6 is 0 Å². The maximum Gasteiger partial charge on any atom is 0.230 e. The molecule has 1 aromatic carbocycles. The van der Waals surface area contributed by atoms with E-state index in [2.05, 4.69) is 19.2 Å². The lowest BCUT2D eigenvalue weighted by atomic mass is 9.83. The number of amides is 1. The van der Waals surface area contributed by atoms with Gasteiger partial charge in [0.25, 0.3) is 0 Å². The summed E-state index contributed by atoms with van der Waals surface area (Å²) in [5.74, 6) is 0.0860. The van der Waals surface area contributed by atoms with Crippen molar-refractivity contribution in [3.8, 4) is 0 Å². The van der Waals surface area contributed by atoms with Crippen molar-refractivity contribution in [2.24, 2.45) is 5.41 Å². The molecule has 2 rings (SSSR count). The van der Waals surface area contributed by atoms with E-state index in [-0.39, 0.29) is 11.3 Å². The second-order valence-electron chi connectivity index (χ2n) is 6.47. The molecular weight excluding hydrogens is 224 g/mol. The fourth-order valence-corrected chi connectivity index (χ4v) is 2.08. The molecule has 0 radical (unpaired) electrons. The number of hydrogen-bond acceptors (Lipinski definition) is 2. The molecule has 0 aliphatic heterocycles. The average Bonchev–Trinajstić information content (AvgIpc) is 2.86. The lowest BCUT2D eigenvalue weighted by molar-refractivity contribution is -0.126. The summed E-state index contributed by atoms with van der Waals surface area (Å²) in [7, 11) is 0. The largest absolute Gasteiger partial charge is 0.399 e. The third-order valence-electron chi connectivity index (χ3n) is 4.02. The summed E-state index contributed by atoms with van der Waals surface area (Å²) < 4.78 is 0. The van der Waals surface area contributed by atoms with Gasteiger partial charge in [0.2, 0.25) is 5.91 Å². The Morgan fingerprint density at radius 3 is 2.28 bits per heavy atom. The van der Waals surface area contributed by atoms with Crippen LogP contribution < -0.4 is 11.1 Å². The van der Waals surface area contributed by atoms with Crippen LogP contribution in [-0.2, 0) is 10.2 Å². The van der Waals surface area contributed by atoms with Crippen LogP contribution in [0.15, 0.2) is 24.3 Å². The number of anilines is 1. The van der Waals surface area contributed by atoms with Gasteiger partial charge in [-0.25, -0.2) is 0 Å². The van der Waals surface area contributed by atoms with Crippen molar-refractivity contribution in [2.45, 2.75) is 45.6 Å². The molecule has 1 fully saturated rings. The SMILES string of the molecule is CC(C)(C(=O)NC1CC1(C)C)c1ccc(N)cc1. The second kappa shape index (κ2) is 4.01. The maximum atomic E-state index is 12.3. The Labute approximate surface area is 109 Å². The summed E-state index contributed by atoms with van der Waals surface area (Å²) in [5.41, 5.74) is 7.12. The molecule has 3 nitrogen and oxygen atoms in total. The third-order valence-corrected chi connectivity index (χ3v) is 4.02. The van der Waals surface area contributed by atoms with Gasteiger partial charge in [-0.2, -0.15) is 0 Å². The Hall–Kier alpha value is -1.51. The number of nitrogens with one attached hydrogen (secondary N) is 1. The zero-order valence-corrected chi connectivity index (χ0v) is 11.6. The van der Waals surface area contributed by atoms with Gasteiger partial charge in [0.1, 0.15) is 0 Å². The van der Waals surface area contributed by atoms with Crippen molar-refractivity contribution in [1.29, 1.82) is 0 Å². The molecule has 98 valence electrons. The standard InChI is InChI=1S/C15H22N2O/c1-14(2)9-12(14)17-13(18)15(3,4)10-5-7-11(16)8-6-10/h5-8,12H,9,16H2,1-4H3,(H,17,18). The molecule has 1 saturated carbocycles. The van der Waals surface area contributed by atoms with Crippen molar-refractivity contribution in [2.75, 3.05) is 5.73 Å². The van der Waals surface area contributed by atoms with Crippen molar-refractivity contribution < 1.29 is 4.79 Å². The summed E-state index contributed by atoms with van der Waals surface area (Å²) in [6.07, 6.45) is 1.07. The van der Waals surface area contributed by atoms with Crippen LogP contribution in [0.25, 0.3) is 0 Å². The second-order valence-corrected chi connectivity index (χ2v) is 6.47. The van der Waals surface area contributed by atoms with E-state index < -0.39 is 5.41 Å². The fraction of sp³-hybridized carbons (Fsp3) is 0.533. The zero-order chi connectivity index (χ0) is 13.6. The number of carbonyl (C=O) groups is 1. The maximum absolute atomic E-state index is 12.3. The molecule has 1 amide bonds. The summed E-state index contributed by atoms with van der Waals surface area (Å²) in [6.45, 7) is 8.24. The zero-order valence-electron chi connectivity index (χ0n) is 11.6. The van der Waals surface area contributed by atoms with Crippen molar-refractivity contribution in [3.05, 3.63) is 29.8 Å². The highest BCUT2D eigenvalue weighted by Gasteiger charge is 2.48. The molecule has 1 aromatic rings. The van der Waals surface area contributed by atoms with E-state index >= 15 is 0 Å². The highest BCUT2D eigenvalue weighted by Crippen LogP contribution is 2.45. The van der Waals surface area contributed by atoms with E-state index in [0.717, 1.165) is 17.7 Å². The molecule has 0 heterocycles. The predicted molar refractivity (Wildman–Crippen MR) is 74.2 cm³/mol. The van der Waals surface area contributed by atoms with E-state index in [9.17, 15) is 4.79 Å². The Kier molecular flexibility index (Phi) is 2.88. The van der Waals surface area contributed by atoms with Gasteiger partial charge >= 0.3 is 0 Å². The number of nitrogens with two attached hydrogens (primary N) is 1. The minimum atomic E-state index is -0.521. The van der Waals surface area contributed by atoms with Gasteiger partial charge in [0.05, 0.1) is 5.41 Å². The number of benzene rings is 1. The Morgan fingerprint density at radius 1 is 1.33 bits per heavy atom. The first kappa shape index (κ1) is 12.9. The van der Waals surface area contributed by atoms with Gasteiger partial charge in [-0.3, -0.25) is 4.79 Å². The number of hydrogen-bond donors (Lipinski definition) is 2. The van der Waals surface area contributed by atoms with Crippen LogP contribution in [0.2, 0.25) is 0 Å². The molecule has 0 saturated heterocycles. The summed E-state index contributed by atoms with van der Waals surface area (Å²) in [5, 5.41) is 3.13. The molecule has 0 spiro atoms. The van der Waals surface area contributed by atoms with Crippen LogP contribution in [-0.4, -0.2) is 11.9 Å². The topological polar surface area (TPSA) is 55.1 Å². The average molecular weight is 246 g/mol. The van der Waals surface area contributed by atoms with Gasteiger partial charge in [-0.15, -0.1) is 0 Å². The lowest BCUT2D eigenvalue weighted by Crippen LogP contribution is -2.42. The van der Waals surface area contributed by atoms with E-state index in [1.807, 2.05) is 38.1 Å². The first-order valence-electron chi connectivity index (χ1n) is 6.40. The molecule has 18 heavy (non-hydrogen) atoms. The minimum absolute atomic E-state index is 0.0860. The summed E-state index contributed by atoms with van der Waals surface area (Å²) in [6, 6.07) is 7.84. The monoisotopic (exact) mass is 246 g/mol. The van der Waals surface area contributed by atoms with E-state index in [1.165, 1.54) is 0 Å². The molecule has 1 aliphatic rings.